The fourth-order valence-electron chi connectivity index (χ4n) is 11.2. The van der Waals surface area contributed by atoms with Crippen molar-refractivity contribution in [3.8, 4) is 16.9 Å². The van der Waals surface area contributed by atoms with Crippen LogP contribution in [0.4, 0.5) is 30.2 Å². The van der Waals surface area contributed by atoms with Crippen LogP contribution < -0.4 is 24.6 Å². The fraction of sp³-hybridized carbons (Fsp3) is 0.408. The number of hydrogen-bond donors (Lipinski definition) is 3. The van der Waals surface area contributed by atoms with Crippen molar-refractivity contribution in [2.45, 2.75) is 50.9 Å². The number of ether oxygens (including phenoxy) is 1. The average Bonchev–Trinajstić information content (AvgIpc) is 4.04. The quantitative estimate of drug-likeness (QED) is 0.110. The molecule has 5 fully saturated rings. The lowest BCUT2D eigenvalue weighted by atomic mass is 9.72. The lowest BCUT2D eigenvalue weighted by molar-refractivity contribution is -0.136. The zero-order valence-corrected chi connectivity index (χ0v) is 38.6. The van der Waals surface area contributed by atoms with Crippen LogP contribution in [-0.2, 0) is 26.3 Å². The molecule has 69 heavy (non-hydrogen) atoms. The molecule has 0 aliphatic carbocycles. The number of anilines is 3. The molecular weight excluding hydrogens is 916 g/mol. The number of hydrogen-bond acceptors (Lipinski definition) is 11. The summed E-state index contributed by atoms with van der Waals surface area (Å²) in [5.74, 6) is -3.47. The number of piperidine rings is 2. The van der Waals surface area contributed by atoms with E-state index in [2.05, 4.69) is 42.1 Å². The number of likely N-dealkylation sites (tertiary alicyclic amines) is 1. The maximum absolute atomic E-state index is 15.8. The number of amides is 3. The Labute approximate surface area is 395 Å². The van der Waals surface area contributed by atoms with Gasteiger partial charge in [0.05, 0.1) is 23.9 Å². The number of nitrogens with zero attached hydrogens (tertiary/aromatic N) is 6. The summed E-state index contributed by atoms with van der Waals surface area (Å²) in [6.07, 6.45) is 4.23. The van der Waals surface area contributed by atoms with Gasteiger partial charge in [0.15, 0.2) is 5.82 Å². The summed E-state index contributed by atoms with van der Waals surface area (Å²) in [7, 11) is -2.80. The molecule has 6 aliphatic rings. The molecule has 2 atom stereocenters. The predicted octanol–water partition coefficient (Wildman–Crippen LogP) is 5.25. The number of rotatable bonds is 12. The number of carbonyl (C=O) groups is 4. The highest BCUT2D eigenvalue weighted by atomic mass is 32.2. The molecule has 1 spiro atoms. The molecule has 360 valence electrons. The Hall–Kier alpha value is -6.51. The zero-order chi connectivity index (χ0) is 47.9. The van der Waals surface area contributed by atoms with Gasteiger partial charge in [-0.2, -0.15) is 12.7 Å². The Kier molecular flexibility index (Phi) is 11.2. The van der Waals surface area contributed by atoms with Gasteiger partial charge >= 0.3 is 10.2 Å². The number of benzene rings is 3. The molecule has 0 bridgehead atoms. The van der Waals surface area contributed by atoms with Gasteiger partial charge in [0.25, 0.3) is 5.91 Å². The normalized spacial score (nSPS) is 22.0. The summed E-state index contributed by atoms with van der Waals surface area (Å²) in [6.45, 7) is 6.68. The second-order valence-electron chi connectivity index (χ2n) is 19.4. The van der Waals surface area contributed by atoms with Gasteiger partial charge in [0.2, 0.25) is 17.6 Å². The van der Waals surface area contributed by atoms with E-state index in [-0.39, 0.29) is 48.7 Å². The van der Waals surface area contributed by atoms with Crippen molar-refractivity contribution in [1.29, 1.82) is 0 Å². The third-order valence-electron chi connectivity index (χ3n) is 14.8. The van der Waals surface area contributed by atoms with Crippen LogP contribution in [0.5, 0.6) is 5.75 Å². The Morgan fingerprint density at radius 1 is 0.913 bits per heavy atom. The maximum Gasteiger partial charge on any atom is 0.301 e. The first-order valence-corrected chi connectivity index (χ1v) is 24.7. The summed E-state index contributed by atoms with van der Waals surface area (Å²) in [6, 6.07) is 14.8. The van der Waals surface area contributed by atoms with E-state index >= 15 is 8.78 Å². The van der Waals surface area contributed by atoms with E-state index < -0.39 is 57.0 Å². The van der Waals surface area contributed by atoms with Crippen molar-refractivity contribution in [2.75, 3.05) is 80.5 Å². The minimum Gasteiger partial charge on any atom is -0.496 e. The zero-order valence-electron chi connectivity index (χ0n) is 37.8. The van der Waals surface area contributed by atoms with Crippen LogP contribution in [-0.4, -0.2) is 134 Å². The van der Waals surface area contributed by atoms with Crippen LogP contribution in [0.25, 0.3) is 22.2 Å². The van der Waals surface area contributed by atoms with Crippen LogP contribution in [0.2, 0.25) is 0 Å². The number of fused-ring (bicyclic) bond motifs is 2. The van der Waals surface area contributed by atoms with Crippen LogP contribution in [0.1, 0.15) is 63.9 Å². The van der Waals surface area contributed by atoms with Crippen LogP contribution >= 0.6 is 0 Å². The number of halogens is 3. The van der Waals surface area contributed by atoms with Gasteiger partial charge in [-0.1, -0.05) is 12.1 Å². The van der Waals surface area contributed by atoms with E-state index in [4.69, 9.17) is 4.74 Å². The van der Waals surface area contributed by atoms with Crippen molar-refractivity contribution in [3.05, 3.63) is 101 Å². The molecular formula is C49H50F3N9O7S. The van der Waals surface area contributed by atoms with Crippen molar-refractivity contribution in [3.63, 3.8) is 0 Å². The molecule has 8 heterocycles. The average molecular weight is 966 g/mol. The highest BCUT2D eigenvalue weighted by Gasteiger charge is 2.52. The molecule has 3 aromatic carbocycles. The first-order valence-electron chi connectivity index (χ1n) is 23.3. The topological polar surface area (TPSA) is 181 Å². The number of aromatic nitrogens is 2. The number of pyridine rings is 1. The maximum atomic E-state index is 15.8. The Morgan fingerprint density at radius 2 is 1.68 bits per heavy atom. The molecule has 6 aliphatic heterocycles. The highest BCUT2D eigenvalue weighted by Crippen LogP contribution is 2.44. The SMILES string of the molecule is COc1cc(N2CCC(CN3CC4(C3)CN(c3ccc(-c5cnc6[nH]cc(C(=O)c7c(F)ccc(NS(=O)(=O)N8CC[C@@H](F)C8)c7F)c6c5)cc3)C4)CC2)cc2c1C(=O)N([C@H]1CCC(=O)NC1=O)C2. The smallest absolute Gasteiger partial charge is 0.301 e. The van der Waals surface area contributed by atoms with E-state index in [0.29, 0.717) is 46.8 Å². The van der Waals surface area contributed by atoms with Gasteiger partial charge in [-0.3, -0.25) is 29.2 Å². The molecule has 3 N–H and O–H groups in total. The van der Waals surface area contributed by atoms with Crippen molar-refractivity contribution in [2.24, 2.45) is 11.3 Å². The molecule has 5 aromatic rings. The number of aromatic amines is 1. The largest absolute Gasteiger partial charge is 0.496 e. The summed E-state index contributed by atoms with van der Waals surface area (Å²) < 4.78 is 78.9. The van der Waals surface area contributed by atoms with Crippen molar-refractivity contribution in [1.82, 2.24) is 29.4 Å². The van der Waals surface area contributed by atoms with E-state index in [0.717, 1.165) is 97.6 Å². The minimum atomic E-state index is -4.36. The first-order chi connectivity index (χ1) is 33.2. The minimum absolute atomic E-state index is 0.00307. The van der Waals surface area contributed by atoms with Crippen molar-refractivity contribution >= 4 is 61.8 Å². The summed E-state index contributed by atoms with van der Waals surface area (Å²) in [4.78, 5) is 67.7. The number of carbonyl (C=O) groups excluding carboxylic acids is 4. The van der Waals surface area contributed by atoms with Gasteiger partial charge in [-0.05, 0) is 79.1 Å². The molecule has 20 heteroatoms. The Bertz CT molecular complexity index is 3040. The monoisotopic (exact) mass is 965 g/mol. The summed E-state index contributed by atoms with van der Waals surface area (Å²) in [5, 5.41) is 2.70. The van der Waals surface area contributed by atoms with E-state index in [9.17, 15) is 32.0 Å². The number of methoxy groups -OCH3 is 1. The second-order valence-corrected chi connectivity index (χ2v) is 21.0. The second kappa shape index (κ2) is 17.2. The van der Waals surface area contributed by atoms with Gasteiger partial charge in [0, 0.05) is 124 Å². The van der Waals surface area contributed by atoms with Crippen LogP contribution in [0.15, 0.2) is 67.0 Å². The molecule has 0 saturated carbocycles. The highest BCUT2D eigenvalue weighted by molar-refractivity contribution is 7.90. The number of H-pyrrole nitrogens is 1. The van der Waals surface area contributed by atoms with Gasteiger partial charge in [0.1, 0.15) is 29.4 Å². The summed E-state index contributed by atoms with van der Waals surface area (Å²) >= 11 is 0. The number of imide groups is 1. The molecule has 11 rings (SSSR count). The molecule has 0 unspecified atom stereocenters. The third kappa shape index (κ3) is 8.14. The summed E-state index contributed by atoms with van der Waals surface area (Å²) in [5.41, 5.74) is 3.92. The van der Waals surface area contributed by atoms with Gasteiger partial charge < -0.3 is 29.3 Å². The fourth-order valence-corrected chi connectivity index (χ4v) is 12.5. The number of alkyl halides is 1. The Morgan fingerprint density at radius 3 is 2.39 bits per heavy atom. The molecule has 5 saturated heterocycles. The van der Waals surface area contributed by atoms with E-state index in [1.165, 1.54) is 6.20 Å². The third-order valence-corrected chi connectivity index (χ3v) is 16.3. The molecule has 2 aromatic heterocycles. The van der Waals surface area contributed by atoms with Crippen LogP contribution in [0, 0.1) is 23.0 Å². The van der Waals surface area contributed by atoms with Crippen molar-refractivity contribution < 1.29 is 45.5 Å². The lowest BCUT2D eigenvalue weighted by Gasteiger charge is -2.61. The van der Waals surface area contributed by atoms with Crippen LogP contribution in [0.3, 0.4) is 0 Å². The number of nitrogens with one attached hydrogen (secondary N) is 3. The lowest BCUT2D eigenvalue weighted by Crippen LogP contribution is -2.72. The first kappa shape index (κ1) is 45.0. The standard InChI is InChI=1S/C49H50F3N9O7S/c1-68-40-18-34(16-31-22-61(48(65)42(31)40)39-8-9-41(62)55-47(39)64)58-13-10-28(11-14-58)21-57-24-49(25-57)26-59(27-49)33-4-2-29(3-5-33)30-17-35-36(20-54-46(35)53-19-30)45(63)43-37(51)6-7-38(44(43)52)56-69(66,67)60-15-12-32(50)23-60/h2-7,16-20,28,32,39,56H,8-15,21-27H2,1H3,(H,53,54)(H,55,62,64)/t32-,39+/m1/s1. The van der Waals surface area contributed by atoms with E-state index in [1.807, 2.05) is 29.0 Å². The van der Waals surface area contributed by atoms with E-state index in [1.54, 1.807) is 24.3 Å². The molecule has 0 radical (unpaired) electrons. The molecule has 3 amide bonds. The molecule has 16 nitrogen and oxygen atoms in total. The van der Waals surface area contributed by atoms with Gasteiger partial charge in [-0.15, -0.1) is 0 Å². The number of ketones is 1. The predicted molar refractivity (Wildman–Crippen MR) is 250 cm³/mol. The Balaban J connectivity index is 0.677. The van der Waals surface area contributed by atoms with Gasteiger partial charge in [-0.25, -0.2) is 18.2 Å².